The summed E-state index contributed by atoms with van der Waals surface area (Å²) in [5.74, 6) is -0.959. The molecular weight excluding hydrogens is 257 g/mol. The van der Waals surface area contributed by atoms with Crippen LogP contribution in [0.25, 0.3) is 0 Å². The van der Waals surface area contributed by atoms with Crippen LogP contribution in [0.5, 0.6) is 0 Å². The van der Waals surface area contributed by atoms with Crippen molar-refractivity contribution in [2.24, 2.45) is 0 Å². The summed E-state index contributed by atoms with van der Waals surface area (Å²) in [5, 5.41) is 9.01. The molecule has 1 N–H and O–H groups in total. The topological polar surface area (TPSA) is 37.3 Å². The lowest BCUT2D eigenvalue weighted by Crippen LogP contribution is -2.26. The molecule has 0 heterocycles. The molecule has 2 nitrogen and oxygen atoms in total. The fourth-order valence-corrected chi connectivity index (χ4v) is 2.93. The van der Waals surface area contributed by atoms with Crippen LogP contribution in [0.15, 0.2) is 24.3 Å². The Hall–Kier alpha value is -1.52. The first-order chi connectivity index (χ1) is 8.83. The summed E-state index contributed by atoms with van der Waals surface area (Å²) in [6, 6.07) is 5.10. The Kier molecular flexibility index (Phi) is 3.56. The van der Waals surface area contributed by atoms with E-state index in [1.165, 1.54) is 6.07 Å². The van der Waals surface area contributed by atoms with Gasteiger partial charge in [-0.25, -0.2) is 0 Å². The van der Waals surface area contributed by atoms with E-state index in [9.17, 15) is 18.0 Å². The maximum absolute atomic E-state index is 12.7. The molecule has 0 bridgehead atoms. The standard InChI is InChI=1S/C14H15F3O2/c15-14(16,17)11-5-3-4-10(8-11)13(9-12(18)19)6-1-2-7-13/h3-5,8H,1-2,6-7,9H2,(H,18,19). The average Bonchev–Trinajstić information content (AvgIpc) is 2.77. The third-order valence-corrected chi connectivity index (χ3v) is 3.85. The number of alkyl halides is 3. The number of halogens is 3. The minimum absolute atomic E-state index is 0.103. The fourth-order valence-electron chi connectivity index (χ4n) is 2.93. The summed E-state index contributed by atoms with van der Waals surface area (Å²) >= 11 is 0. The molecule has 19 heavy (non-hydrogen) atoms. The maximum atomic E-state index is 12.7. The van der Waals surface area contributed by atoms with Crippen molar-refractivity contribution in [3.05, 3.63) is 35.4 Å². The predicted molar refractivity (Wildman–Crippen MR) is 63.8 cm³/mol. The van der Waals surface area contributed by atoms with Crippen LogP contribution in [0.1, 0.15) is 43.2 Å². The second kappa shape index (κ2) is 4.87. The zero-order valence-corrected chi connectivity index (χ0v) is 10.3. The Morgan fingerprint density at radius 1 is 1.26 bits per heavy atom. The van der Waals surface area contributed by atoms with Gasteiger partial charge in [0.25, 0.3) is 0 Å². The van der Waals surface area contributed by atoms with Crippen molar-refractivity contribution in [1.82, 2.24) is 0 Å². The molecule has 0 aliphatic heterocycles. The van der Waals surface area contributed by atoms with E-state index in [2.05, 4.69) is 0 Å². The Bertz CT molecular complexity index is 474. The highest BCUT2D eigenvalue weighted by Crippen LogP contribution is 2.45. The van der Waals surface area contributed by atoms with Crippen LogP contribution in [-0.4, -0.2) is 11.1 Å². The van der Waals surface area contributed by atoms with Gasteiger partial charge in [-0.3, -0.25) is 4.79 Å². The summed E-state index contributed by atoms with van der Waals surface area (Å²) in [4.78, 5) is 11.0. The number of hydrogen-bond acceptors (Lipinski definition) is 1. The molecule has 0 radical (unpaired) electrons. The normalized spacial score (nSPS) is 18.5. The van der Waals surface area contributed by atoms with E-state index in [1.54, 1.807) is 6.07 Å². The third-order valence-electron chi connectivity index (χ3n) is 3.85. The molecule has 0 spiro atoms. The summed E-state index contributed by atoms with van der Waals surface area (Å²) in [6.45, 7) is 0. The van der Waals surface area contributed by atoms with Gasteiger partial charge in [-0.1, -0.05) is 31.0 Å². The van der Waals surface area contributed by atoms with E-state index in [1.807, 2.05) is 0 Å². The van der Waals surface area contributed by atoms with E-state index < -0.39 is 23.1 Å². The molecule has 1 saturated carbocycles. The quantitative estimate of drug-likeness (QED) is 0.903. The zero-order valence-electron chi connectivity index (χ0n) is 10.3. The molecular formula is C14H15F3O2. The molecule has 2 rings (SSSR count). The van der Waals surface area contributed by atoms with Crippen LogP contribution in [0.4, 0.5) is 13.2 Å². The lowest BCUT2D eigenvalue weighted by atomic mass is 9.75. The minimum atomic E-state index is -4.39. The maximum Gasteiger partial charge on any atom is 0.416 e. The Balaban J connectivity index is 2.40. The Morgan fingerprint density at radius 3 is 2.42 bits per heavy atom. The summed E-state index contributed by atoms with van der Waals surface area (Å²) < 4.78 is 38.2. The second-order valence-electron chi connectivity index (χ2n) is 5.14. The van der Waals surface area contributed by atoms with Crippen molar-refractivity contribution in [2.75, 3.05) is 0 Å². The van der Waals surface area contributed by atoms with E-state index >= 15 is 0 Å². The van der Waals surface area contributed by atoms with Gasteiger partial charge in [-0.05, 0) is 24.5 Å². The smallest absolute Gasteiger partial charge is 0.416 e. The van der Waals surface area contributed by atoms with Gasteiger partial charge in [0.15, 0.2) is 0 Å². The predicted octanol–water partition coefficient (Wildman–Crippen LogP) is 3.99. The van der Waals surface area contributed by atoms with Crippen molar-refractivity contribution < 1.29 is 23.1 Å². The molecule has 0 aromatic heterocycles. The van der Waals surface area contributed by atoms with Crippen molar-refractivity contribution in [2.45, 2.75) is 43.7 Å². The molecule has 104 valence electrons. The van der Waals surface area contributed by atoms with Gasteiger partial charge in [0, 0.05) is 5.41 Å². The number of benzene rings is 1. The molecule has 0 saturated heterocycles. The molecule has 1 aromatic carbocycles. The number of aliphatic carboxylic acids is 1. The Morgan fingerprint density at radius 2 is 1.89 bits per heavy atom. The number of carboxylic acids is 1. The van der Waals surface area contributed by atoms with Crippen molar-refractivity contribution in [3.63, 3.8) is 0 Å². The van der Waals surface area contributed by atoms with Crippen molar-refractivity contribution >= 4 is 5.97 Å². The monoisotopic (exact) mass is 272 g/mol. The average molecular weight is 272 g/mol. The van der Waals surface area contributed by atoms with Crippen LogP contribution < -0.4 is 0 Å². The highest BCUT2D eigenvalue weighted by atomic mass is 19.4. The van der Waals surface area contributed by atoms with E-state index in [-0.39, 0.29) is 6.42 Å². The lowest BCUT2D eigenvalue weighted by Gasteiger charge is -2.28. The van der Waals surface area contributed by atoms with Crippen molar-refractivity contribution in [3.8, 4) is 0 Å². The van der Waals surface area contributed by atoms with Crippen molar-refractivity contribution in [1.29, 1.82) is 0 Å². The number of rotatable bonds is 3. The van der Waals surface area contributed by atoms with E-state index in [0.29, 0.717) is 18.4 Å². The zero-order chi connectivity index (χ0) is 14.1. The lowest BCUT2D eigenvalue weighted by molar-refractivity contribution is -0.138. The minimum Gasteiger partial charge on any atom is -0.481 e. The van der Waals surface area contributed by atoms with Crippen LogP contribution in [0, 0.1) is 0 Å². The van der Waals surface area contributed by atoms with Gasteiger partial charge in [-0.15, -0.1) is 0 Å². The molecule has 0 atom stereocenters. The van der Waals surface area contributed by atoms with E-state index in [4.69, 9.17) is 5.11 Å². The SMILES string of the molecule is O=C(O)CC1(c2cccc(C(F)(F)F)c2)CCCC1. The third kappa shape index (κ3) is 2.91. The number of carbonyl (C=O) groups is 1. The summed E-state index contributed by atoms with van der Waals surface area (Å²) in [6.07, 6.45) is -1.48. The summed E-state index contributed by atoms with van der Waals surface area (Å²) in [7, 11) is 0. The molecule has 5 heteroatoms. The van der Waals surface area contributed by atoms with E-state index in [0.717, 1.165) is 25.0 Å². The highest BCUT2D eigenvalue weighted by molar-refractivity contribution is 5.69. The number of hydrogen-bond donors (Lipinski definition) is 1. The second-order valence-corrected chi connectivity index (χ2v) is 5.14. The van der Waals surface area contributed by atoms with Crippen LogP contribution in [0.3, 0.4) is 0 Å². The molecule has 1 fully saturated rings. The summed E-state index contributed by atoms with van der Waals surface area (Å²) in [5.41, 5.74) is -0.837. The van der Waals surface area contributed by atoms with Crippen LogP contribution in [0.2, 0.25) is 0 Å². The van der Waals surface area contributed by atoms with Crippen LogP contribution >= 0.6 is 0 Å². The number of carboxylic acid groups (broad SMARTS) is 1. The molecule has 1 aliphatic carbocycles. The first kappa shape index (κ1) is 13.9. The molecule has 1 aliphatic rings. The van der Waals surface area contributed by atoms with Gasteiger partial charge in [0.2, 0.25) is 0 Å². The first-order valence-corrected chi connectivity index (χ1v) is 6.23. The van der Waals surface area contributed by atoms with Gasteiger partial charge >= 0.3 is 12.1 Å². The molecule has 1 aromatic rings. The Labute approximate surface area is 109 Å². The fraction of sp³-hybridized carbons (Fsp3) is 0.500. The highest BCUT2D eigenvalue weighted by Gasteiger charge is 2.39. The van der Waals surface area contributed by atoms with Gasteiger partial charge in [0.1, 0.15) is 0 Å². The molecule has 0 unspecified atom stereocenters. The largest absolute Gasteiger partial charge is 0.481 e. The van der Waals surface area contributed by atoms with Gasteiger partial charge in [0.05, 0.1) is 12.0 Å². The van der Waals surface area contributed by atoms with Crippen LogP contribution in [-0.2, 0) is 16.4 Å². The first-order valence-electron chi connectivity index (χ1n) is 6.23. The van der Waals surface area contributed by atoms with Gasteiger partial charge in [-0.2, -0.15) is 13.2 Å². The molecule has 0 amide bonds. The van der Waals surface area contributed by atoms with Gasteiger partial charge < -0.3 is 5.11 Å².